The van der Waals surface area contributed by atoms with Gasteiger partial charge in [0.2, 0.25) is 0 Å². The summed E-state index contributed by atoms with van der Waals surface area (Å²) in [5.74, 6) is -0.301. The molecule has 0 aliphatic carbocycles. The summed E-state index contributed by atoms with van der Waals surface area (Å²) in [5.41, 5.74) is 2.36. The second-order valence-electron chi connectivity index (χ2n) is 5.05. The molecular formula is C14H17NO2. The third-order valence-corrected chi connectivity index (χ3v) is 3.04. The zero-order chi connectivity index (χ0) is 12.5. The van der Waals surface area contributed by atoms with Crippen LogP contribution in [0.15, 0.2) is 45.9 Å². The highest BCUT2D eigenvalue weighted by atomic mass is 16.4. The van der Waals surface area contributed by atoms with Crippen LogP contribution in [0.5, 0.6) is 0 Å². The van der Waals surface area contributed by atoms with Crippen LogP contribution in [-0.4, -0.2) is 4.57 Å². The lowest BCUT2D eigenvalue weighted by molar-refractivity contribution is 0.397. The number of oxazole rings is 1. The molecule has 1 aromatic heterocycles. The van der Waals surface area contributed by atoms with Gasteiger partial charge in [-0.3, -0.25) is 4.57 Å². The Morgan fingerprint density at radius 2 is 1.88 bits per heavy atom. The smallest absolute Gasteiger partial charge is 0.416 e. The van der Waals surface area contributed by atoms with Crippen LogP contribution in [0.4, 0.5) is 0 Å². The summed E-state index contributed by atoms with van der Waals surface area (Å²) in [5, 5.41) is 0. The van der Waals surface area contributed by atoms with Crippen LogP contribution >= 0.6 is 0 Å². The van der Waals surface area contributed by atoms with Gasteiger partial charge in [-0.15, -0.1) is 0 Å². The number of benzene rings is 1. The van der Waals surface area contributed by atoms with Gasteiger partial charge in [0.15, 0.2) is 0 Å². The van der Waals surface area contributed by atoms with Gasteiger partial charge in [0, 0.05) is 18.2 Å². The molecule has 17 heavy (non-hydrogen) atoms. The number of hydrogen-bond donors (Lipinski definition) is 0. The van der Waals surface area contributed by atoms with Gasteiger partial charge in [-0.25, -0.2) is 4.79 Å². The highest BCUT2D eigenvalue weighted by Gasteiger charge is 2.22. The van der Waals surface area contributed by atoms with Gasteiger partial charge >= 0.3 is 5.76 Å². The molecule has 2 aromatic rings. The van der Waals surface area contributed by atoms with Crippen molar-refractivity contribution >= 4 is 0 Å². The van der Waals surface area contributed by atoms with E-state index < -0.39 is 0 Å². The van der Waals surface area contributed by atoms with Crippen LogP contribution in [0.1, 0.15) is 25.0 Å². The van der Waals surface area contributed by atoms with Crippen LogP contribution in [0.2, 0.25) is 0 Å². The molecule has 0 aliphatic heterocycles. The number of nitrogens with zero attached hydrogens (tertiary/aromatic N) is 1. The first-order valence-corrected chi connectivity index (χ1v) is 5.70. The van der Waals surface area contributed by atoms with Gasteiger partial charge < -0.3 is 4.42 Å². The molecular weight excluding hydrogens is 214 g/mol. The normalized spacial score (nSPS) is 11.7. The maximum Gasteiger partial charge on any atom is 0.418 e. The summed E-state index contributed by atoms with van der Waals surface area (Å²) in [7, 11) is 0. The number of aromatic nitrogens is 1. The van der Waals surface area contributed by atoms with Crippen molar-refractivity contribution in [1.82, 2.24) is 4.57 Å². The van der Waals surface area contributed by atoms with Crippen LogP contribution in [-0.2, 0) is 12.0 Å². The van der Waals surface area contributed by atoms with E-state index in [2.05, 4.69) is 45.0 Å². The van der Waals surface area contributed by atoms with Crippen molar-refractivity contribution in [2.45, 2.75) is 32.7 Å². The molecule has 3 heteroatoms. The quantitative estimate of drug-likeness (QED) is 0.814. The van der Waals surface area contributed by atoms with Gasteiger partial charge in [-0.2, -0.15) is 0 Å². The predicted molar refractivity (Wildman–Crippen MR) is 67.2 cm³/mol. The van der Waals surface area contributed by atoms with Crippen LogP contribution < -0.4 is 5.76 Å². The van der Waals surface area contributed by atoms with Gasteiger partial charge in [0.05, 0.1) is 0 Å². The number of rotatable bonds is 3. The molecule has 1 heterocycles. The van der Waals surface area contributed by atoms with Crippen LogP contribution in [0.3, 0.4) is 0 Å². The standard InChI is InChI=1S/C14H17NO2/c1-11-4-6-12(7-5-11)14(2,3)10-15-8-9-17-13(15)16/h4-9H,10H2,1-3H3. The van der Waals surface area contributed by atoms with E-state index in [9.17, 15) is 4.79 Å². The fourth-order valence-corrected chi connectivity index (χ4v) is 1.93. The molecule has 0 N–H and O–H groups in total. The fraction of sp³-hybridized carbons (Fsp3) is 0.357. The van der Waals surface area contributed by atoms with Crippen LogP contribution in [0.25, 0.3) is 0 Å². The molecule has 3 nitrogen and oxygen atoms in total. The molecule has 0 saturated carbocycles. The first kappa shape index (κ1) is 11.7. The highest BCUT2D eigenvalue weighted by Crippen LogP contribution is 2.24. The summed E-state index contributed by atoms with van der Waals surface area (Å²) in [6.07, 6.45) is 3.10. The van der Waals surface area contributed by atoms with E-state index in [0.29, 0.717) is 6.54 Å². The Bertz CT molecular complexity index is 546. The van der Waals surface area contributed by atoms with E-state index in [4.69, 9.17) is 4.42 Å². The Hall–Kier alpha value is -1.77. The number of hydrogen-bond acceptors (Lipinski definition) is 2. The topological polar surface area (TPSA) is 35.1 Å². The highest BCUT2D eigenvalue weighted by molar-refractivity contribution is 5.27. The molecule has 1 aromatic carbocycles. The minimum Gasteiger partial charge on any atom is -0.416 e. The van der Waals surface area contributed by atoms with E-state index in [1.807, 2.05) is 0 Å². The average Bonchev–Trinajstić information content (AvgIpc) is 2.64. The van der Waals surface area contributed by atoms with Crippen molar-refractivity contribution in [2.75, 3.05) is 0 Å². The molecule has 0 spiro atoms. The minimum absolute atomic E-state index is 0.0958. The third kappa shape index (κ3) is 2.49. The lowest BCUT2D eigenvalue weighted by Crippen LogP contribution is -2.28. The zero-order valence-electron chi connectivity index (χ0n) is 10.4. The molecule has 0 radical (unpaired) electrons. The van der Waals surface area contributed by atoms with Crippen molar-refractivity contribution < 1.29 is 4.42 Å². The Balaban J connectivity index is 2.27. The average molecular weight is 231 g/mol. The first-order chi connectivity index (χ1) is 7.99. The largest absolute Gasteiger partial charge is 0.418 e. The van der Waals surface area contributed by atoms with Crippen molar-refractivity contribution in [2.24, 2.45) is 0 Å². The molecule has 0 amide bonds. The molecule has 0 bridgehead atoms. The van der Waals surface area contributed by atoms with E-state index in [0.717, 1.165) is 0 Å². The Morgan fingerprint density at radius 1 is 1.24 bits per heavy atom. The summed E-state index contributed by atoms with van der Waals surface area (Å²) in [6, 6.07) is 8.41. The minimum atomic E-state index is -0.301. The van der Waals surface area contributed by atoms with Gasteiger partial charge in [0.1, 0.15) is 6.26 Å². The maximum atomic E-state index is 11.4. The van der Waals surface area contributed by atoms with E-state index in [1.165, 1.54) is 17.4 Å². The van der Waals surface area contributed by atoms with Crippen molar-refractivity contribution in [3.8, 4) is 0 Å². The van der Waals surface area contributed by atoms with Crippen molar-refractivity contribution in [3.63, 3.8) is 0 Å². The van der Waals surface area contributed by atoms with Gasteiger partial charge in [0.25, 0.3) is 0 Å². The second kappa shape index (κ2) is 4.24. The van der Waals surface area contributed by atoms with Crippen LogP contribution in [0, 0.1) is 6.92 Å². The molecule has 0 aliphatic rings. The fourth-order valence-electron chi connectivity index (χ4n) is 1.93. The molecule has 0 atom stereocenters. The molecule has 0 saturated heterocycles. The molecule has 2 rings (SSSR count). The molecule has 0 unspecified atom stereocenters. The monoisotopic (exact) mass is 231 g/mol. The predicted octanol–water partition coefficient (Wildman–Crippen LogP) is 2.73. The van der Waals surface area contributed by atoms with E-state index in [1.54, 1.807) is 10.8 Å². The van der Waals surface area contributed by atoms with Crippen molar-refractivity contribution in [3.05, 3.63) is 58.4 Å². The number of aryl methyl sites for hydroxylation is 1. The molecule has 90 valence electrons. The van der Waals surface area contributed by atoms with Gasteiger partial charge in [-0.1, -0.05) is 43.7 Å². The second-order valence-corrected chi connectivity index (χ2v) is 5.05. The summed E-state index contributed by atoms with van der Waals surface area (Å²) < 4.78 is 6.37. The van der Waals surface area contributed by atoms with Crippen molar-refractivity contribution in [1.29, 1.82) is 0 Å². The first-order valence-electron chi connectivity index (χ1n) is 5.70. The lowest BCUT2D eigenvalue weighted by atomic mass is 9.84. The zero-order valence-corrected chi connectivity index (χ0v) is 10.4. The maximum absolute atomic E-state index is 11.4. The summed E-state index contributed by atoms with van der Waals surface area (Å²) in [4.78, 5) is 11.4. The Labute approximate surface area is 101 Å². The third-order valence-electron chi connectivity index (χ3n) is 3.04. The Morgan fingerprint density at radius 3 is 2.41 bits per heavy atom. The summed E-state index contributed by atoms with van der Waals surface area (Å²) >= 11 is 0. The molecule has 0 fully saturated rings. The SMILES string of the molecule is Cc1ccc(C(C)(C)Cn2ccoc2=O)cc1. The van der Waals surface area contributed by atoms with E-state index in [-0.39, 0.29) is 11.2 Å². The lowest BCUT2D eigenvalue weighted by Gasteiger charge is -2.25. The summed E-state index contributed by atoms with van der Waals surface area (Å²) in [6.45, 7) is 6.93. The van der Waals surface area contributed by atoms with E-state index >= 15 is 0 Å². The Kier molecular flexibility index (Phi) is 2.92. The van der Waals surface area contributed by atoms with Gasteiger partial charge in [-0.05, 0) is 12.5 Å².